The van der Waals surface area contributed by atoms with Crippen LogP contribution in [-0.4, -0.2) is 68.3 Å². The van der Waals surface area contributed by atoms with Crippen LogP contribution in [-0.2, 0) is 0 Å². The molecule has 4 atom stereocenters. The van der Waals surface area contributed by atoms with Crippen LogP contribution in [0.5, 0.6) is 0 Å². The van der Waals surface area contributed by atoms with Crippen LogP contribution in [0.1, 0.15) is 0 Å². The molecule has 0 aromatic rings. The molecule has 0 saturated carbocycles. The van der Waals surface area contributed by atoms with Crippen molar-refractivity contribution in [3.05, 3.63) is 0 Å². The highest BCUT2D eigenvalue weighted by atomic mass is 36.5. The molecule has 0 spiro atoms. The maximum absolute atomic E-state index is 8.96. The molecular weight excluding hydrogens is 239 g/mol. The van der Waals surface area contributed by atoms with Gasteiger partial charge >= 0.3 is 0 Å². The molecule has 6 N–H and O–H groups in total. The van der Waals surface area contributed by atoms with Gasteiger partial charge in [-0.1, -0.05) is 0 Å². The lowest BCUT2D eigenvalue weighted by molar-refractivity contribution is -0.123. The van der Waals surface area contributed by atoms with E-state index >= 15 is 0 Å². The molecule has 0 saturated heterocycles. The third-order valence-electron chi connectivity index (χ3n) is 1.51. The van der Waals surface area contributed by atoms with Crippen molar-refractivity contribution in [2.24, 2.45) is 0 Å². The Balaban J connectivity index is 0. The van der Waals surface area contributed by atoms with Crippen LogP contribution in [0.3, 0.4) is 0 Å². The molecule has 0 unspecified atom stereocenters. The molecule has 0 aromatic heterocycles. The summed E-state index contributed by atoms with van der Waals surface area (Å²) in [6.07, 6.45) is -6.39. The Bertz CT molecular complexity index is 113. The highest BCUT2D eigenvalue weighted by molar-refractivity contribution is 6.85. The van der Waals surface area contributed by atoms with Crippen LogP contribution < -0.4 is 0 Å². The molecule has 14 heavy (non-hydrogen) atoms. The number of aliphatic hydroxyl groups excluding tert-OH is 6. The topological polar surface area (TPSA) is 121 Å². The van der Waals surface area contributed by atoms with Gasteiger partial charge in [-0.2, -0.15) is 0 Å². The summed E-state index contributed by atoms with van der Waals surface area (Å²) in [4.78, 5) is 0. The van der Waals surface area contributed by atoms with E-state index in [9.17, 15) is 0 Å². The van der Waals surface area contributed by atoms with Gasteiger partial charge in [0.15, 0.2) is 0 Å². The Morgan fingerprint density at radius 3 is 1.07 bits per heavy atom. The van der Waals surface area contributed by atoms with E-state index in [2.05, 4.69) is 21.7 Å². The van der Waals surface area contributed by atoms with Crippen molar-refractivity contribution < 1.29 is 30.6 Å². The molecule has 0 heterocycles. The largest absolute Gasteiger partial charge is 0.394 e. The number of rotatable bonds is 5. The van der Waals surface area contributed by atoms with E-state index in [1.54, 1.807) is 0 Å². The third-order valence-corrected chi connectivity index (χ3v) is 1.51. The minimum Gasteiger partial charge on any atom is -0.394 e. The van der Waals surface area contributed by atoms with Crippen LogP contribution in [0.2, 0.25) is 0 Å². The molecule has 0 radical (unpaired) electrons. The van der Waals surface area contributed by atoms with Crippen LogP contribution in [0.4, 0.5) is 0 Å². The molecule has 0 aliphatic carbocycles. The third kappa shape index (κ3) is 5.94. The van der Waals surface area contributed by atoms with Crippen LogP contribution >= 0.6 is 21.7 Å². The predicted molar refractivity (Wildman–Crippen MR) is 49.9 cm³/mol. The lowest BCUT2D eigenvalue weighted by atomic mass is 10.0. The highest BCUT2D eigenvalue weighted by Crippen LogP contribution is 2.03. The molecule has 8 heteroatoms. The maximum atomic E-state index is 8.96. The first kappa shape index (κ1) is 16.8. The van der Waals surface area contributed by atoms with Gasteiger partial charge in [0.05, 0.1) is 13.2 Å². The number of hydrogen-bond acceptors (Lipinski definition) is 6. The lowest BCUT2D eigenvalue weighted by Crippen LogP contribution is -2.46. The highest BCUT2D eigenvalue weighted by Gasteiger charge is 2.29. The molecule has 0 bridgehead atoms. The zero-order valence-corrected chi connectivity index (χ0v) is 8.67. The van der Waals surface area contributed by atoms with E-state index in [0.717, 1.165) is 0 Å². The fourth-order valence-corrected chi connectivity index (χ4v) is 0.671. The lowest BCUT2D eigenvalue weighted by Gasteiger charge is -2.24. The molecule has 6 nitrogen and oxygen atoms in total. The Hall–Kier alpha value is 0.340. The van der Waals surface area contributed by atoms with Crippen molar-refractivity contribution in [2.75, 3.05) is 13.2 Å². The zero-order valence-electron chi connectivity index (χ0n) is 7.16. The Kier molecular flexibility index (Phi) is 11.8. The second kappa shape index (κ2) is 9.88. The summed E-state index contributed by atoms with van der Waals surface area (Å²) in [6, 6.07) is 0. The first-order valence-corrected chi connectivity index (χ1v) is 4.77. The predicted octanol–water partition coefficient (Wildman–Crippen LogP) is -2.21. The standard InChI is InChI=1S/C6H14O6.Cl2/c7-1-3(9)5(11)6(12)4(10)2-8;1-2/h3-12H,1-2H2;/t3-,4-,5-,6-;/m1./s1. The number of aliphatic hydroxyl groups is 6. The quantitative estimate of drug-likeness (QED) is 0.330. The maximum Gasteiger partial charge on any atom is 0.111 e. The zero-order chi connectivity index (χ0) is 11.7. The average molecular weight is 253 g/mol. The van der Waals surface area contributed by atoms with Gasteiger partial charge < -0.3 is 30.6 Å². The summed E-state index contributed by atoms with van der Waals surface area (Å²) < 4.78 is 0. The van der Waals surface area contributed by atoms with Gasteiger partial charge in [-0.3, -0.25) is 0 Å². The first-order valence-electron chi connectivity index (χ1n) is 3.62. The van der Waals surface area contributed by atoms with E-state index in [-0.39, 0.29) is 0 Å². The van der Waals surface area contributed by atoms with E-state index < -0.39 is 37.6 Å². The molecule has 0 aliphatic heterocycles. The van der Waals surface area contributed by atoms with E-state index in [4.69, 9.17) is 30.6 Å². The SMILES string of the molecule is ClCl.OC[C@@H](O)[C@@H](O)[C@H](O)[C@H](O)CO. The van der Waals surface area contributed by atoms with Gasteiger partial charge in [0.1, 0.15) is 24.4 Å². The summed E-state index contributed by atoms with van der Waals surface area (Å²) in [6.45, 7) is -1.45. The minimum absolute atomic E-state index is 0.726. The normalized spacial score (nSPS) is 18.9. The summed E-state index contributed by atoms with van der Waals surface area (Å²) >= 11 is 0. The van der Waals surface area contributed by atoms with Crippen molar-refractivity contribution in [3.8, 4) is 0 Å². The van der Waals surface area contributed by atoms with Gasteiger partial charge in [0.2, 0.25) is 0 Å². The molecule has 0 amide bonds. The van der Waals surface area contributed by atoms with E-state index in [0.29, 0.717) is 0 Å². The molecular formula is C6H14Cl2O6. The fraction of sp³-hybridized carbons (Fsp3) is 1.00. The first-order chi connectivity index (χ1) is 6.54. The molecule has 0 aliphatic rings. The number of halogens is 2. The molecule has 0 rings (SSSR count). The summed E-state index contributed by atoms with van der Waals surface area (Å²) in [7, 11) is 8.22. The van der Waals surface area contributed by atoms with Crippen LogP contribution in [0.25, 0.3) is 0 Å². The van der Waals surface area contributed by atoms with Gasteiger partial charge in [-0.15, -0.1) is 0 Å². The van der Waals surface area contributed by atoms with Crippen molar-refractivity contribution >= 4 is 21.7 Å². The van der Waals surface area contributed by atoms with Gasteiger partial charge in [-0.05, 0) is 0 Å². The summed E-state index contributed by atoms with van der Waals surface area (Å²) in [5.74, 6) is 0. The van der Waals surface area contributed by atoms with E-state index in [1.807, 2.05) is 0 Å². The van der Waals surface area contributed by atoms with Crippen molar-refractivity contribution in [1.82, 2.24) is 0 Å². The molecule has 0 fully saturated rings. The Labute approximate surface area is 90.5 Å². The van der Waals surface area contributed by atoms with Crippen molar-refractivity contribution in [3.63, 3.8) is 0 Å². The Morgan fingerprint density at radius 2 is 0.929 bits per heavy atom. The van der Waals surface area contributed by atoms with Crippen LogP contribution in [0, 0.1) is 0 Å². The fourth-order valence-electron chi connectivity index (χ4n) is 0.671. The summed E-state index contributed by atoms with van der Waals surface area (Å²) in [5, 5.41) is 52.2. The second-order valence-electron chi connectivity index (χ2n) is 2.48. The second-order valence-corrected chi connectivity index (χ2v) is 2.48. The van der Waals surface area contributed by atoms with Gasteiger partial charge in [-0.25, -0.2) is 0 Å². The molecule has 0 aromatic carbocycles. The monoisotopic (exact) mass is 252 g/mol. The molecule has 88 valence electrons. The Morgan fingerprint density at radius 1 is 0.714 bits per heavy atom. The number of hydrogen-bond donors (Lipinski definition) is 6. The minimum atomic E-state index is -1.67. The van der Waals surface area contributed by atoms with Crippen molar-refractivity contribution in [1.29, 1.82) is 0 Å². The smallest absolute Gasteiger partial charge is 0.111 e. The van der Waals surface area contributed by atoms with Crippen molar-refractivity contribution in [2.45, 2.75) is 24.4 Å². The van der Waals surface area contributed by atoms with Gasteiger partial charge in [0.25, 0.3) is 0 Å². The average Bonchev–Trinajstić information content (AvgIpc) is 2.27. The van der Waals surface area contributed by atoms with Crippen LogP contribution in [0.15, 0.2) is 0 Å². The van der Waals surface area contributed by atoms with Gasteiger partial charge in [0, 0.05) is 21.7 Å². The summed E-state index contributed by atoms with van der Waals surface area (Å²) in [5.41, 5.74) is 0. The van der Waals surface area contributed by atoms with E-state index in [1.165, 1.54) is 0 Å².